The predicted octanol–water partition coefficient (Wildman–Crippen LogP) is 1.26. The SMILES string of the molecule is CN1CCC(C(C2CCCNC2)N(C)C)CC1. The molecule has 100 valence electrons. The zero-order valence-electron chi connectivity index (χ0n) is 11.8. The number of hydrogen-bond acceptors (Lipinski definition) is 3. The minimum absolute atomic E-state index is 0.788. The lowest BCUT2D eigenvalue weighted by molar-refractivity contribution is 0.0786. The van der Waals surface area contributed by atoms with Crippen molar-refractivity contribution in [2.24, 2.45) is 11.8 Å². The third-order valence-electron chi connectivity index (χ3n) is 4.66. The van der Waals surface area contributed by atoms with Crippen LogP contribution >= 0.6 is 0 Å². The number of rotatable bonds is 3. The van der Waals surface area contributed by atoms with Crippen molar-refractivity contribution in [1.82, 2.24) is 15.1 Å². The van der Waals surface area contributed by atoms with Gasteiger partial charge in [-0.1, -0.05) is 0 Å². The molecule has 2 aliphatic heterocycles. The van der Waals surface area contributed by atoms with E-state index in [-0.39, 0.29) is 0 Å². The van der Waals surface area contributed by atoms with Crippen molar-refractivity contribution >= 4 is 0 Å². The average molecular weight is 239 g/mol. The molecule has 17 heavy (non-hydrogen) atoms. The Morgan fingerprint density at radius 1 is 1.12 bits per heavy atom. The van der Waals surface area contributed by atoms with Crippen LogP contribution in [0.3, 0.4) is 0 Å². The topological polar surface area (TPSA) is 18.5 Å². The molecule has 0 bridgehead atoms. The first-order valence-electron chi connectivity index (χ1n) is 7.24. The summed E-state index contributed by atoms with van der Waals surface area (Å²) >= 11 is 0. The zero-order chi connectivity index (χ0) is 12.3. The van der Waals surface area contributed by atoms with Gasteiger partial charge in [0.25, 0.3) is 0 Å². The molecule has 2 saturated heterocycles. The normalized spacial score (nSPS) is 30.7. The molecule has 2 rings (SSSR count). The summed E-state index contributed by atoms with van der Waals surface area (Å²) in [4.78, 5) is 4.97. The van der Waals surface area contributed by atoms with Gasteiger partial charge in [0.2, 0.25) is 0 Å². The summed E-state index contributed by atoms with van der Waals surface area (Å²) in [5.41, 5.74) is 0. The molecule has 0 saturated carbocycles. The van der Waals surface area contributed by atoms with Crippen LogP contribution in [0.2, 0.25) is 0 Å². The van der Waals surface area contributed by atoms with Gasteiger partial charge in [-0.3, -0.25) is 0 Å². The summed E-state index contributed by atoms with van der Waals surface area (Å²) in [5, 5.41) is 3.58. The minimum atomic E-state index is 0.788. The summed E-state index contributed by atoms with van der Waals surface area (Å²) in [5.74, 6) is 1.78. The Kier molecular flexibility index (Phi) is 4.83. The second kappa shape index (κ2) is 6.17. The molecule has 0 amide bonds. The maximum absolute atomic E-state index is 3.58. The Morgan fingerprint density at radius 2 is 1.82 bits per heavy atom. The number of hydrogen-bond donors (Lipinski definition) is 1. The lowest BCUT2D eigenvalue weighted by atomic mass is 9.78. The van der Waals surface area contributed by atoms with E-state index < -0.39 is 0 Å². The molecule has 0 aromatic carbocycles. The highest BCUT2D eigenvalue weighted by atomic mass is 15.1. The number of nitrogens with one attached hydrogen (secondary N) is 1. The quantitative estimate of drug-likeness (QED) is 0.800. The predicted molar refractivity (Wildman–Crippen MR) is 73.3 cm³/mol. The molecule has 2 atom stereocenters. The third kappa shape index (κ3) is 3.43. The van der Waals surface area contributed by atoms with Crippen LogP contribution in [0.1, 0.15) is 25.7 Å². The van der Waals surface area contributed by atoms with Gasteiger partial charge in [-0.15, -0.1) is 0 Å². The van der Waals surface area contributed by atoms with Crippen LogP contribution in [0.25, 0.3) is 0 Å². The number of likely N-dealkylation sites (tertiary alicyclic amines) is 1. The Bertz CT molecular complexity index is 216. The van der Waals surface area contributed by atoms with Crippen molar-refractivity contribution in [1.29, 1.82) is 0 Å². The third-order valence-corrected chi connectivity index (χ3v) is 4.66. The first-order chi connectivity index (χ1) is 8.18. The Labute approximate surface area is 107 Å². The molecule has 0 aliphatic carbocycles. The second-order valence-electron chi connectivity index (χ2n) is 6.20. The van der Waals surface area contributed by atoms with Crippen LogP contribution in [0.4, 0.5) is 0 Å². The van der Waals surface area contributed by atoms with Crippen LogP contribution in [0.15, 0.2) is 0 Å². The number of nitrogens with zero attached hydrogens (tertiary/aromatic N) is 2. The van der Waals surface area contributed by atoms with E-state index in [1.807, 2.05) is 0 Å². The molecular formula is C14H29N3. The highest BCUT2D eigenvalue weighted by Gasteiger charge is 2.33. The average Bonchev–Trinajstić information content (AvgIpc) is 2.33. The molecule has 2 unspecified atom stereocenters. The van der Waals surface area contributed by atoms with E-state index in [1.54, 1.807) is 0 Å². The highest BCUT2D eigenvalue weighted by Crippen LogP contribution is 2.30. The van der Waals surface area contributed by atoms with Gasteiger partial charge in [0.1, 0.15) is 0 Å². The number of piperidine rings is 2. The lowest BCUT2D eigenvalue weighted by Gasteiger charge is -2.43. The van der Waals surface area contributed by atoms with Crippen molar-refractivity contribution in [3.8, 4) is 0 Å². The van der Waals surface area contributed by atoms with Gasteiger partial charge >= 0.3 is 0 Å². The second-order valence-corrected chi connectivity index (χ2v) is 6.20. The monoisotopic (exact) mass is 239 g/mol. The molecule has 3 heteroatoms. The van der Waals surface area contributed by atoms with E-state index in [9.17, 15) is 0 Å². The van der Waals surface area contributed by atoms with Crippen LogP contribution in [0, 0.1) is 11.8 Å². The molecule has 2 fully saturated rings. The molecule has 0 spiro atoms. The van der Waals surface area contributed by atoms with Crippen LogP contribution in [-0.4, -0.2) is 63.2 Å². The summed E-state index contributed by atoms with van der Waals surface area (Å²) < 4.78 is 0. The molecular weight excluding hydrogens is 210 g/mol. The fraction of sp³-hybridized carbons (Fsp3) is 1.00. The van der Waals surface area contributed by atoms with E-state index in [0.717, 1.165) is 17.9 Å². The first kappa shape index (κ1) is 13.3. The summed E-state index contributed by atoms with van der Waals surface area (Å²) in [6.45, 7) is 5.03. The molecule has 3 nitrogen and oxygen atoms in total. The summed E-state index contributed by atoms with van der Waals surface area (Å²) in [7, 11) is 6.80. The van der Waals surface area contributed by atoms with Crippen LogP contribution < -0.4 is 5.32 Å². The Balaban J connectivity index is 1.95. The van der Waals surface area contributed by atoms with Crippen molar-refractivity contribution in [3.63, 3.8) is 0 Å². The van der Waals surface area contributed by atoms with Crippen molar-refractivity contribution < 1.29 is 0 Å². The van der Waals surface area contributed by atoms with Crippen molar-refractivity contribution in [2.45, 2.75) is 31.7 Å². The smallest absolute Gasteiger partial charge is 0.0159 e. The molecule has 0 radical (unpaired) electrons. The first-order valence-corrected chi connectivity index (χ1v) is 7.24. The summed E-state index contributed by atoms with van der Waals surface area (Å²) in [6, 6.07) is 0.788. The van der Waals surface area contributed by atoms with E-state index in [0.29, 0.717) is 0 Å². The fourth-order valence-electron chi connectivity index (χ4n) is 3.77. The molecule has 2 heterocycles. The minimum Gasteiger partial charge on any atom is -0.316 e. The molecule has 0 aromatic rings. The maximum Gasteiger partial charge on any atom is 0.0159 e. The van der Waals surface area contributed by atoms with Gasteiger partial charge < -0.3 is 15.1 Å². The highest BCUT2D eigenvalue weighted by molar-refractivity contribution is 4.88. The molecule has 2 aliphatic rings. The van der Waals surface area contributed by atoms with Crippen LogP contribution in [-0.2, 0) is 0 Å². The van der Waals surface area contributed by atoms with Crippen LogP contribution in [0.5, 0.6) is 0 Å². The van der Waals surface area contributed by atoms with Crippen molar-refractivity contribution in [2.75, 3.05) is 47.3 Å². The largest absolute Gasteiger partial charge is 0.316 e. The van der Waals surface area contributed by atoms with E-state index >= 15 is 0 Å². The van der Waals surface area contributed by atoms with Crippen molar-refractivity contribution in [3.05, 3.63) is 0 Å². The van der Waals surface area contributed by atoms with E-state index in [2.05, 4.69) is 36.3 Å². The standard InChI is InChI=1S/C14H29N3/c1-16(2)14(13-5-4-8-15-11-13)12-6-9-17(3)10-7-12/h12-15H,4-11H2,1-3H3. The maximum atomic E-state index is 3.58. The van der Waals surface area contributed by atoms with Gasteiger partial charge in [0.05, 0.1) is 0 Å². The Morgan fingerprint density at radius 3 is 2.35 bits per heavy atom. The zero-order valence-corrected chi connectivity index (χ0v) is 11.8. The lowest BCUT2D eigenvalue weighted by Crippen LogP contribution is -2.50. The van der Waals surface area contributed by atoms with E-state index in [1.165, 1.54) is 51.9 Å². The van der Waals surface area contributed by atoms with Gasteiger partial charge in [-0.2, -0.15) is 0 Å². The Hall–Kier alpha value is -0.120. The van der Waals surface area contributed by atoms with Gasteiger partial charge in [-0.25, -0.2) is 0 Å². The van der Waals surface area contributed by atoms with Gasteiger partial charge in [-0.05, 0) is 84.8 Å². The summed E-state index contributed by atoms with van der Waals surface area (Å²) in [6.07, 6.45) is 5.55. The molecule has 0 aromatic heterocycles. The molecule has 1 N–H and O–H groups in total. The van der Waals surface area contributed by atoms with Gasteiger partial charge in [0, 0.05) is 6.04 Å². The van der Waals surface area contributed by atoms with Gasteiger partial charge in [0.15, 0.2) is 0 Å². The van der Waals surface area contributed by atoms with E-state index in [4.69, 9.17) is 0 Å². The fourth-order valence-corrected chi connectivity index (χ4v) is 3.77.